The average Bonchev–Trinajstić information content (AvgIpc) is 3.39. The second-order valence-electron chi connectivity index (χ2n) is 7.27. The molecule has 1 saturated heterocycles. The summed E-state index contributed by atoms with van der Waals surface area (Å²) in [7, 11) is 0. The van der Waals surface area contributed by atoms with E-state index in [9.17, 15) is 4.79 Å². The van der Waals surface area contributed by atoms with E-state index in [1.165, 1.54) is 0 Å². The molecule has 1 aromatic carbocycles. The second kappa shape index (κ2) is 8.58. The van der Waals surface area contributed by atoms with Gasteiger partial charge >= 0.3 is 0 Å². The lowest BCUT2D eigenvalue weighted by molar-refractivity contribution is -0.116. The zero-order valence-corrected chi connectivity index (χ0v) is 16.3. The minimum atomic E-state index is 0.0134. The Morgan fingerprint density at radius 3 is 2.75 bits per heavy atom. The van der Waals surface area contributed by atoms with Crippen molar-refractivity contribution in [2.45, 2.75) is 19.8 Å². The number of hydrogen-bond acceptors (Lipinski definition) is 5. The van der Waals surface area contributed by atoms with Gasteiger partial charge < -0.3 is 19.5 Å². The summed E-state index contributed by atoms with van der Waals surface area (Å²) in [5.41, 5.74) is 2.95. The molecule has 2 N–H and O–H groups in total. The highest BCUT2D eigenvalue weighted by Gasteiger charge is 2.16. The summed E-state index contributed by atoms with van der Waals surface area (Å²) in [6, 6.07) is 7.92. The van der Waals surface area contributed by atoms with Gasteiger partial charge in [-0.1, -0.05) is 13.0 Å². The predicted molar refractivity (Wildman–Crippen MR) is 110 cm³/mol. The first-order valence-electron chi connectivity index (χ1n) is 9.98. The summed E-state index contributed by atoms with van der Waals surface area (Å²) in [4.78, 5) is 17.3. The molecule has 3 aromatic rings. The summed E-state index contributed by atoms with van der Waals surface area (Å²) in [5.74, 6) is 0.606. The van der Waals surface area contributed by atoms with E-state index >= 15 is 0 Å². The normalized spacial score (nSPS) is 15.9. The van der Waals surface area contributed by atoms with Gasteiger partial charge in [0.25, 0.3) is 0 Å². The van der Waals surface area contributed by atoms with E-state index in [0.717, 1.165) is 67.7 Å². The maximum atomic E-state index is 12.3. The van der Waals surface area contributed by atoms with Crippen LogP contribution in [0, 0.1) is 0 Å². The van der Waals surface area contributed by atoms with E-state index in [1.54, 1.807) is 12.5 Å². The largest absolute Gasteiger partial charge is 0.472 e. The van der Waals surface area contributed by atoms with E-state index in [1.807, 2.05) is 24.3 Å². The van der Waals surface area contributed by atoms with Crippen molar-refractivity contribution in [3.8, 4) is 11.1 Å². The molecule has 0 atom stereocenters. The van der Waals surface area contributed by atoms with Gasteiger partial charge in [-0.05, 0) is 43.3 Å². The molecule has 0 radical (unpaired) electrons. The van der Waals surface area contributed by atoms with E-state index in [4.69, 9.17) is 4.42 Å². The van der Waals surface area contributed by atoms with Gasteiger partial charge in [-0.15, -0.1) is 0 Å². The third-order valence-corrected chi connectivity index (χ3v) is 5.47. The van der Waals surface area contributed by atoms with E-state index < -0.39 is 0 Å². The standard InChI is InChI=1S/C21H27N5O2/c1-2-25-9-11-26(12-10-25)8-3-4-20(27)22-21-18-6-5-16(14-19(18)23-24-21)17-7-13-28-15-17/h5-7,13-15H,2-4,8-12H2,1H3,(H2,22,23,24,27). The number of aromatic nitrogens is 2. The van der Waals surface area contributed by atoms with Crippen LogP contribution in [0.2, 0.25) is 0 Å². The number of nitrogens with one attached hydrogen (secondary N) is 2. The highest BCUT2D eigenvalue weighted by molar-refractivity contribution is 6.00. The van der Waals surface area contributed by atoms with Gasteiger partial charge in [-0.2, -0.15) is 5.10 Å². The average molecular weight is 381 g/mol. The quantitative estimate of drug-likeness (QED) is 0.657. The molecular weight excluding hydrogens is 354 g/mol. The third-order valence-electron chi connectivity index (χ3n) is 5.47. The van der Waals surface area contributed by atoms with Crippen LogP contribution in [0.3, 0.4) is 0 Å². The number of nitrogens with zero attached hydrogens (tertiary/aromatic N) is 3. The number of amides is 1. The number of carbonyl (C=O) groups excluding carboxylic acids is 1. The Balaban J connectivity index is 1.29. The van der Waals surface area contributed by atoms with Crippen molar-refractivity contribution < 1.29 is 9.21 Å². The van der Waals surface area contributed by atoms with E-state index in [0.29, 0.717) is 12.2 Å². The summed E-state index contributed by atoms with van der Waals surface area (Å²) in [5, 5.41) is 11.1. The number of likely N-dealkylation sites (N-methyl/N-ethyl adjacent to an activating group) is 1. The van der Waals surface area contributed by atoms with Crippen LogP contribution in [0.15, 0.2) is 41.2 Å². The highest BCUT2D eigenvalue weighted by Crippen LogP contribution is 2.27. The fraction of sp³-hybridized carbons (Fsp3) is 0.429. The fourth-order valence-electron chi connectivity index (χ4n) is 3.71. The van der Waals surface area contributed by atoms with Gasteiger partial charge in [0.15, 0.2) is 5.82 Å². The van der Waals surface area contributed by atoms with Gasteiger partial charge in [-0.25, -0.2) is 0 Å². The number of furan rings is 1. The molecule has 3 heterocycles. The van der Waals surface area contributed by atoms with Crippen molar-refractivity contribution in [1.29, 1.82) is 0 Å². The smallest absolute Gasteiger partial charge is 0.225 e. The van der Waals surface area contributed by atoms with Crippen molar-refractivity contribution in [3.05, 3.63) is 36.8 Å². The molecular formula is C21H27N5O2. The Hall–Kier alpha value is -2.64. The number of benzene rings is 1. The summed E-state index contributed by atoms with van der Waals surface area (Å²) in [6.07, 6.45) is 4.74. The van der Waals surface area contributed by atoms with Gasteiger partial charge in [0.05, 0.1) is 18.0 Å². The minimum Gasteiger partial charge on any atom is -0.472 e. The monoisotopic (exact) mass is 381 g/mol. The first-order chi connectivity index (χ1) is 13.7. The lowest BCUT2D eigenvalue weighted by Crippen LogP contribution is -2.46. The Morgan fingerprint density at radius 1 is 1.18 bits per heavy atom. The van der Waals surface area contributed by atoms with Crippen LogP contribution in [-0.2, 0) is 4.79 Å². The molecule has 4 rings (SSSR count). The Morgan fingerprint density at radius 2 is 2.00 bits per heavy atom. The van der Waals surface area contributed by atoms with Crippen molar-refractivity contribution in [2.75, 3.05) is 44.6 Å². The zero-order chi connectivity index (χ0) is 19.3. The molecule has 7 heteroatoms. The van der Waals surface area contributed by atoms with Crippen LogP contribution in [0.5, 0.6) is 0 Å². The number of hydrogen-bond donors (Lipinski definition) is 2. The van der Waals surface area contributed by atoms with Crippen LogP contribution < -0.4 is 5.32 Å². The predicted octanol–water partition coefficient (Wildman–Crippen LogP) is 3.18. The van der Waals surface area contributed by atoms with Gasteiger partial charge in [0, 0.05) is 43.5 Å². The summed E-state index contributed by atoms with van der Waals surface area (Å²) < 4.78 is 5.14. The van der Waals surface area contributed by atoms with Crippen LogP contribution in [0.1, 0.15) is 19.8 Å². The zero-order valence-electron chi connectivity index (χ0n) is 16.3. The number of aromatic amines is 1. The number of carbonyl (C=O) groups is 1. The molecule has 1 amide bonds. The highest BCUT2D eigenvalue weighted by atomic mass is 16.3. The number of H-pyrrole nitrogens is 1. The minimum absolute atomic E-state index is 0.0134. The number of fused-ring (bicyclic) bond motifs is 1. The molecule has 0 aliphatic carbocycles. The number of piperazine rings is 1. The van der Waals surface area contributed by atoms with Crippen molar-refractivity contribution >= 4 is 22.6 Å². The molecule has 1 aliphatic heterocycles. The van der Waals surface area contributed by atoms with Gasteiger partial charge in [-0.3, -0.25) is 9.89 Å². The Kier molecular flexibility index (Phi) is 5.73. The van der Waals surface area contributed by atoms with Crippen molar-refractivity contribution in [3.63, 3.8) is 0 Å². The molecule has 2 aromatic heterocycles. The fourth-order valence-corrected chi connectivity index (χ4v) is 3.71. The molecule has 28 heavy (non-hydrogen) atoms. The molecule has 1 fully saturated rings. The molecule has 148 valence electrons. The lowest BCUT2D eigenvalue weighted by Gasteiger charge is -2.33. The summed E-state index contributed by atoms with van der Waals surface area (Å²) in [6.45, 7) is 8.75. The molecule has 0 unspecified atom stereocenters. The number of rotatable bonds is 7. The van der Waals surface area contributed by atoms with Crippen molar-refractivity contribution in [1.82, 2.24) is 20.0 Å². The van der Waals surface area contributed by atoms with Crippen LogP contribution >= 0.6 is 0 Å². The maximum Gasteiger partial charge on any atom is 0.225 e. The number of anilines is 1. The Bertz CT molecular complexity index is 910. The molecule has 0 spiro atoms. The molecule has 7 nitrogen and oxygen atoms in total. The van der Waals surface area contributed by atoms with Crippen molar-refractivity contribution in [2.24, 2.45) is 0 Å². The lowest BCUT2D eigenvalue weighted by atomic mass is 10.1. The van der Waals surface area contributed by atoms with Gasteiger partial charge in [0.1, 0.15) is 0 Å². The van der Waals surface area contributed by atoms with Crippen LogP contribution in [0.25, 0.3) is 22.0 Å². The van der Waals surface area contributed by atoms with E-state index in [2.05, 4.69) is 32.2 Å². The molecule has 0 bridgehead atoms. The topological polar surface area (TPSA) is 77.4 Å². The maximum absolute atomic E-state index is 12.3. The molecule has 1 aliphatic rings. The van der Waals surface area contributed by atoms with Gasteiger partial charge in [0.2, 0.25) is 5.91 Å². The second-order valence-corrected chi connectivity index (χ2v) is 7.27. The third kappa shape index (κ3) is 4.26. The Labute approximate surface area is 164 Å². The first kappa shape index (κ1) is 18.7. The summed E-state index contributed by atoms with van der Waals surface area (Å²) >= 11 is 0. The first-order valence-corrected chi connectivity index (χ1v) is 9.98. The van der Waals surface area contributed by atoms with Crippen LogP contribution in [0.4, 0.5) is 5.82 Å². The van der Waals surface area contributed by atoms with Crippen LogP contribution in [-0.4, -0.2) is 65.2 Å². The molecule has 0 saturated carbocycles. The van der Waals surface area contributed by atoms with E-state index in [-0.39, 0.29) is 5.91 Å². The SMILES string of the molecule is CCN1CCN(CCCC(=O)Nc2n[nH]c3cc(-c4ccoc4)ccc23)CC1.